The fourth-order valence-electron chi connectivity index (χ4n) is 1.57. The van der Waals surface area contributed by atoms with E-state index in [9.17, 15) is 0 Å². The molecule has 78 valence electrons. The highest BCUT2D eigenvalue weighted by Gasteiger charge is 2.10. The first-order chi connectivity index (χ1) is 7.40. The quantitative estimate of drug-likeness (QED) is 0.786. The summed E-state index contributed by atoms with van der Waals surface area (Å²) in [5.74, 6) is 0.984. The first kappa shape index (κ1) is 9.86. The molecule has 0 amide bonds. The van der Waals surface area contributed by atoms with E-state index in [1.807, 2.05) is 25.5 Å². The minimum atomic E-state index is 0.254. The van der Waals surface area contributed by atoms with Gasteiger partial charge in [0.05, 0.1) is 0 Å². The molecule has 2 N–H and O–H groups in total. The number of aromatic nitrogens is 3. The molecule has 4 heteroatoms. The molecule has 0 bridgehead atoms. The molecule has 0 saturated heterocycles. The minimum Gasteiger partial charge on any atom is -0.349 e. The summed E-state index contributed by atoms with van der Waals surface area (Å²) in [6.07, 6.45) is 8.11. The second kappa shape index (κ2) is 4.70. The van der Waals surface area contributed by atoms with Gasteiger partial charge in [-0.05, 0) is 18.7 Å². The van der Waals surface area contributed by atoms with Gasteiger partial charge in [0.1, 0.15) is 5.82 Å². The molecular weight excluding hydrogens is 188 g/mol. The van der Waals surface area contributed by atoms with E-state index in [0.717, 1.165) is 12.2 Å². The summed E-state index contributed by atoms with van der Waals surface area (Å²) < 4.78 is 0. The Morgan fingerprint density at radius 1 is 1.47 bits per heavy atom. The van der Waals surface area contributed by atoms with Crippen molar-refractivity contribution in [3.8, 4) is 0 Å². The van der Waals surface area contributed by atoms with Gasteiger partial charge in [0.2, 0.25) is 0 Å². The molecule has 0 saturated carbocycles. The third-order valence-corrected chi connectivity index (χ3v) is 2.39. The van der Waals surface area contributed by atoms with Crippen LogP contribution in [-0.2, 0) is 6.42 Å². The summed E-state index contributed by atoms with van der Waals surface area (Å²) in [6, 6.07) is 4.27. The number of aromatic amines is 1. The summed E-state index contributed by atoms with van der Waals surface area (Å²) in [5.41, 5.74) is 1.18. The number of imidazole rings is 1. The lowest BCUT2D eigenvalue weighted by atomic mass is 10.1. The van der Waals surface area contributed by atoms with Crippen LogP contribution in [0.2, 0.25) is 0 Å². The van der Waals surface area contributed by atoms with Gasteiger partial charge in [-0.15, -0.1) is 0 Å². The van der Waals surface area contributed by atoms with Gasteiger partial charge in [0, 0.05) is 37.3 Å². The number of hydrogen-bond donors (Lipinski definition) is 2. The maximum absolute atomic E-state index is 4.21. The topological polar surface area (TPSA) is 53.6 Å². The number of likely N-dealkylation sites (N-methyl/N-ethyl adjacent to an activating group) is 1. The van der Waals surface area contributed by atoms with Crippen LogP contribution in [0.15, 0.2) is 36.9 Å². The van der Waals surface area contributed by atoms with Crippen LogP contribution in [0.5, 0.6) is 0 Å². The van der Waals surface area contributed by atoms with E-state index in [1.54, 1.807) is 12.4 Å². The Hall–Kier alpha value is -1.68. The van der Waals surface area contributed by atoms with Crippen LogP contribution in [0.25, 0.3) is 0 Å². The average molecular weight is 202 g/mol. The van der Waals surface area contributed by atoms with Crippen molar-refractivity contribution in [2.45, 2.75) is 12.5 Å². The fraction of sp³-hybridized carbons (Fsp3) is 0.273. The zero-order chi connectivity index (χ0) is 10.5. The molecule has 1 atom stereocenters. The van der Waals surface area contributed by atoms with Gasteiger partial charge in [0.25, 0.3) is 0 Å². The van der Waals surface area contributed by atoms with Crippen LogP contribution in [-0.4, -0.2) is 22.0 Å². The average Bonchev–Trinajstić information content (AvgIpc) is 2.80. The first-order valence-corrected chi connectivity index (χ1v) is 4.95. The van der Waals surface area contributed by atoms with Crippen molar-refractivity contribution < 1.29 is 0 Å². The van der Waals surface area contributed by atoms with E-state index < -0.39 is 0 Å². The number of nitrogens with zero attached hydrogens (tertiary/aromatic N) is 2. The number of H-pyrrole nitrogens is 1. The molecule has 15 heavy (non-hydrogen) atoms. The van der Waals surface area contributed by atoms with Crippen molar-refractivity contribution in [3.05, 3.63) is 48.3 Å². The summed E-state index contributed by atoms with van der Waals surface area (Å²) in [4.78, 5) is 11.4. The van der Waals surface area contributed by atoms with Gasteiger partial charge < -0.3 is 10.3 Å². The lowest BCUT2D eigenvalue weighted by Crippen LogP contribution is -2.19. The maximum Gasteiger partial charge on any atom is 0.107 e. The second-order valence-electron chi connectivity index (χ2n) is 3.37. The van der Waals surface area contributed by atoms with Crippen LogP contribution >= 0.6 is 0 Å². The molecule has 2 aromatic rings. The van der Waals surface area contributed by atoms with Crippen LogP contribution < -0.4 is 5.32 Å². The number of rotatable bonds is 4. The first-order valence-electron chi connectivity index (χ1n) is 4.95. The Bertz CT molecular complexity index is 382. The van der Waals surface area contributed by atoms with Crippen LogP contribution in [0.4, 0.5) is 0 Å². The van der Waals surface area contributed by atoms with Crippen molar-refractivity contribution >= 4 is 0 Å². The highest BCUT2D eigenvalue weighted by Crippen LogP contribution is 2.14. The Balaban J connectivity index is 2.12. The van der Waals surface area contributed by atoms with Crippen LogP contribution in [0, 0.1) is 0 Å². The normalized spacial score (nSPS) is 12.6. The Morgan fingerprint density at radius 3 is 3.00 bits per heavy atom. The Morgan fingerprint density at radius 2 is 2.40 bits per heavy atom. The van der Waals surface area contributed by atoms with Crippen molar-refractivity contribution in [2.75, 3.05) is 7.05 Å². The zero-order valence-electron chi connectivity index (χ0n) is 8.64. The van der Waals surface area contributed by atoms with E-state index in [1.165, 1.54) is 5.56 Å². The SMILES string of the molecule is CNC(Cc1ncc[nH]1)c1cccnc1. The molecule has 0 aliphatic heterocycles. The van der Waals surface area contributed by atoms with E-state index in [0.29, 0.717) is 0 Å². The zero-order valence-corrected chi connectivity index (χ0v) is 8.64. The molecule has 1 unspecified atom stereocenters. The summed E-state index contributed by atoms with van der Waals surface area (Å²) in [5, 5.41) is 3.26. The lowest BCUT2D eigenvalue weighted by molar-refractivity contribution is 0.576. The van der Waals surface area contributed by atoms with Crippen molar-refractivity contribution in [2.24, 2.45) is 0 Å². The number of nitrogens with one attached hydrogen (secondary N) is 2. The third kappa shape index (κ3) is 2.41. The predicted molar refractivity (Wildman–Crippen MR) is 58.3 cm³/mol. The second-order valence-corrected chi connectivity index (χ2v) is 3.37. The smallest absolute Gasteiger partial charge is 0.107 e. The minimum absolute atomic E-state index is 0.254. The highest BCUT2D eigenvalue weighted by molar-refractivity contribution is 5.15. The van der Waals surface area contributed by atoms with Crippen LogP contribution in [0.1, 0.15) is 17.4 Å². The molecule has 2 aromatic heterocycles. The molecule has 4 nitrogen and oxygen atoms in total. The number of hydrogen-bond acceptors (Lipinski definition) is 3. The van der Waals surface area contributed by atoms with Gasteiger partial charge in [-0.2, -0.15) is 0 Å². The Labute approximate surface area is 88.8 Å². The van der Waals surface area contributed by atoms with Crippen molar-refractivity contribution in [1.29, 1.82) is 0 Å². The summed E-state index contributed by atoms with van der Waals surface area (Å²) in [6.45, 7) is 0. The predicted octanol–water partition coefficient (Wildman–Crippen LogP) is 1.31. The number of pyridine rings is 1. The largest absolute Gasteiger partial charge is 0.349 e. The summed E-state index contributed by atoms with van der Waals surface area (Å²) in [7, 11) is 1.95. The van der Waals surface area contributed by atoms with Gasteiger partial charge in [-0.25, -0.2) is 4.98 Å². The molecule has 0 radical (unpaired) electrons. The van der Waals surface area contributed by atoms with Gasteiger partial charge in [-0.1, -0.05) is 6.07 Å². The molecular formula is C11H14N4. The monoisotopic (exact) mass is 202 g/mol. The fourth-order valence-corrected chi connectivity index (χ4v) is 1.57. The molecule has 0 aromatic carbocycles. The van der Waals surface area contributed by atoms with Gasteiger partial charge in [0.15, 0.2) is 0 Å². The molecule has 0 spiro atoms. The molecule has 2 rings (SSSR count). The molecule has 2 heterocycles. The molecule has 0 aliphatic rings. The van der Waals surface area contributed by atoms with E-state index in [2.05, 4.69) is 26.3 Å². The van der Waals surface area contributed by atoms with Crippen molar-refractivity contribution in [3.63, 3.8) is 0 Å². The lowest BCUT2D eigenvalue weighted by Gasteiger charge is -2.14. The van der Waals surface area contributed by atoms with Gasteiger partial charge in [-0.3, -0.25) is 4.98 Å². The highest BCUT2D eigenvalue weighted by atomic mass is 14.9. The Kier molecular flexibility index (Phi) is 3.09. The van der Waals surface area contributed by atoms with Crippen molar-refractivity contribution in [1.82, 2.24) is 20.3 Å². The van der Waals surface area contributed by atoms with E-state index >= 15 is 0 Å². The summed E-state index contributed by atoms with van der Waals surface area (Å²) >= 11 is 0. The maximum atomic E-state index is 4.21. The standard InChI is InChI=1S/C11H14N4/c1-12-10(7-11-14-5-6-15-11)9-3-2-4-13-8-9/h2-6,8,10,12H,7H2,1H3,(H,14,15). The molecule has 0 fully saturated rings. The van der Waals surface area contributed by atoms with E-state index in [-0.39, 0.29) is 6.04 Å². The van der Waals surface area contributed by atoms with E-state index in [4.69, 9.17) is 0 Å². The van der Waals surface area contributed by atoms with Crippen LogP contribution in [0.3, 0.4) is 0 Å². The third-order valence-electron chi connectivity index (χ3n) is 2.39. The molecule has 0 aliphatic carbocycles. The van der Waals surface area contributed by atoms with Gasteiger partial charge >= 0.3 is 0 Å².